The van der Waals surface area contributed by atoms with E-state index >= 15 is 0 Å². The van der Waals surface area contributed by atoms with Crippen molar-refractivity contribution in [3.05, 3.63) is 29.8 Å². The largest absolute Gasteiger partial charge is 0.418 e. The van der Waals surface area contributed by atoms with Crippen molar-refractivity contribution in [3.8, 4) is 0 Å². The van der Waals surface area contributed by atoms with Gasteiger partial charge in [0.2, 0.25) is 5.91 Å². The first-order valence-electron chi connectivity index (χ1n) is 5.76. The average Bonchev–Trinajstić information content (AvgIpc) is 2.26. The molecule has 0 unspecified atom stereocenters. The van der Waals surface area contributed by atoms with E-state index in [9.17, 15) is 18.0 Å². The van der Waals surface area contributed by atoms with Crippen LogP contribution >= 0.6 is 0 Å². The highest BCUT2D eigenvalue weighted by Crippen LogP contribution is 2.34. The van der Waals surface area contributed by atoms with Crippen LogP contribution in [0, 0.1) is 5.41 Å². The Morgan fingerprint density at radius 1 is 1.21 bits per heavy atom. The van der Waals surface area contributed by atoms with E-state index in [2.05, 4.69) is 5.32 Å². The summed E-state index contributed by atoms with van der Waals surface area (Å²) >= 11 is 0. The zero-order chi connectivity index (χ0) is 14.8. The zero-order valence-electron chi connectivity index (χ0n) is 11.0. The summed E-state index contributed by atoms with van der Waals surface area (Å²) in [6, 6.07) is 3.91. The number of carbonyl (C=O) groups excluding carboxylic acids is 1. The third kappa shape index (κ3) is 3.96. The van der Waals surface area contributed by atoms with E-state index in [0.717, 1.165) is 6.07 Å². The fraction of sp³-hybridized carbons (Fsp3) is 0.462. The highest BCUT2D eigenvalue weighted by molar-refractivity contribution is 5.95. The summed E-state index contributed by atoms with van der Waals surface area (Å²) in [5, 5.41) is 2.24. The summed E-state index contributed by atoms with van der Waals surface area (Å²) in [7, 11) is 0. The van der Waals surface area contributed by atoms with Crippen LogP contribution in [0.3, 0.4) is 0 Å². The lowest BCUT2D eigenvalue weighted by Gasteiger charge is -2.26. The van der Waals surface area contributed by atoms with Gasteiger partial charge in [0, 0.05) is 0 Å². The normalized spacial score (nSPS) is 14.1. The lowest BCUT2D eigenvalue weighted by atomic mass is 9.87. The van der Waals surface area contributed by atoms with Crippen LogP contribution in [0.25, 0.3) is 0 Å². The van der Waals surface area contributed by atoms with Gasteiger partial charge in [-0.1, -0.05) is 32.9 Å². The molecule has 1 atom stereocenters. The lowest BCUT2D eigenvalue weighted by molar-refractivity contribution is -0.137. The van der Waals surface area contributed by atoms with Gasteiger partial charge >= 0.3 is 6.18 Å². The third-order valence-corrected chi connectivity index (χ3v) is 2.71. The van der Waals surface area contributed by atoms with Crippen molar-refractivity contribution in [2.45, 2.75) is 33.0 Å². The third-order valence-electron chi connectivity index (χ3n) is 2.71. The van der Waals surface area contributed by atoms with E-state index in [-0.39, 0.29) is 5.69 Å². The first-order chi connectivity index (χ1) is 8.53. The molecule has 0 saturated carbocycles. The number of hydrogen-bond acceptors (Lipinski definition) is 2. The maximum Gasteiger partial charge on any atom is 0.418 e. The molecular formula is C13H17F3N2O. The van der Waals surface area contributed by atoms with Gasteiger partial charge in [0.15, 0.2) is 0 Å². The molecule has 0 heterocycles. The molecule has 0 fully saturated rings. The van der Waals surface area contributed by atoms with Gasteiger partial charge in [-0.05, 0) is 17.5 Å². The van der Waals surface area contributed by atoms with Crippen molar-refractivity contribution in [1.29, 1.82) is 0 Å². The van der Waals surface area contributed by atoms with Crippen LogP contribution < -0.4 is 11.1 Å². The maximum absolute atomic E-state index is 12.8. The number of carbonyl (C=O) groups is 1. The van der Waals surface area contributed by atoms with Crippen LogP contribution in [-0.2, 0) is 11.0 Å². The van der Waals surface area contributed by atoms with Crippen molar-refractivity contribution in [2.24, 2.45) is 11.1 Å². The summed E-state index contributed by atoms with van der Waals surface area (Å²) in [5.41, 5.74) is 4.01. The number of nitrogens with one attached hydrogen (secondary N) is 1. The van der Waals surface area contributed by atoms with E-state index in [1.807, 2.05) is 0 Å². The molecule has 0 aliphatic heterocycles. The monoisotopic (exact) mass is 274 g/mol. The fourth-order valence-electron chi connectivity index (χ4n) is 1.44. The molecule has 6 heteroatoms. The second kappa shape index (κ2) is 5.21. The number of nitrogens with two attached hydrogens (primary N) is 1. The molecule has 1 aromatic carbocycles. The van der Waals surface area contributed by atoms with Gasteiger partial charge in [-0.3, -0.25) is 4.79 Å². The molecule has 106 valence electrons. The van der Waals surface area contributed by atoms with Gasteiger partial charge in [0.1, 0.15) is 0 Å². The van der Waals surface area contributed by atoms with E-state index in [0.29, 0.717) is 0 Å². The van der Waals surface area contributed by atoms with Gasteiger partial charge in [-0.15, -0.1) is 0 Å². The van der Waals surface area contributed by atoms with Gasteiger partial charge in [-0.2, -0.15) is 13.2 Å². The smallest absolute Gasteiger partial charge is 0.324 e. The predicted molar refractivity (Wildman–Crippen MR) is 67.5 cm³/mol. The molecule has 1 rings (SSSR count). The topological polar surface area (TPSA) is 55.1 Å². The van der Waals surface area contributed by atoms with Gasteiger partial charge < -0.3 is 11.1 Å². The number of amides is 1. The SMILES string of the molecule is CC(C)(C)[C@@H](N)C(=O)Nc1ccccc1C(F)(F)F. The summed E-state index contributed by atoms with van der Waals surface area (Å²) < 4.78 is 38.3. The predicted octanol–water partition coefficient (Wildman–Crippen LogP) is 3.02. The minimum atomic E-state index is -4.52. The molecule has 3 N–H and O–H groups in total. The molecule has 0 aromatic heterocycles. The second-order valence-corrected chi connectivity index (χ2v) is 5.38. The number of para-hydroxylation sites is 1. The summed E-state index contributed by atoms with van der Waals surface area (Å²) in [6.07, 6.45) is -4.52. The summed E-state index contributed by atoms with van der Waals surface area (Å²) in [5.74, 6) is -0.635. The Bertz CT molecular complexity index is 464. The van der Waals surface area contributed by atoms with Crippen molar-refractivity contribution < 1.29 is 18.0 Å². The Morgan fingerprint density at radius 2 is 1.74 bits per heavy atom. The molecule has 0 aliphatic rings. The quantitative estimate of drug-likeness (QED) is 0.871. The van der Waals surface area contributed by atoms with Crippen molar-refractivity contribution in [1.82, 2.24) is 0 Å². The summed E-state index contributed by atoms with van der Waals surface area (Å²) in [6.45, 7) is 5.23. The number of anilines is 1. The van der Waals surface area contributed by atoms with Gasteiger partial charge in [0.05, 0.1) is 17.3 Å². The molecule has 3 nitrogen and oxygen atoms in total. The number of halogens is 3. The molecule has 1 aromatic rings. The van der Waals surface area contributed by atoms with E-state index in [1.54, 1.807) is 20.8 Å². The second-order valence-electron chi connectivity index (χ2n) is 5.38. The highest BCUT2D eigenvalue weighted by Gasteiger charge is 2.35. The van der Waals surface area contributed by atoms with Gasteiger partial charge in [-0.25, -0.2) is 0 Å². The molecular weight excluding hydrogens is 257 g/mol. The number of alkyl halides is 3. The Labute approximate surface area is 110 Å². The highest BCUT2D eigenvalue weighted by atomic mass is 19.4. The molecule has 0 spiro atoms. The Hall–Kier alpha value is -1.56. The molecule has 0 radical (unpaired) electrons. The number of rotatable bonds is 2. The Balaban J connectivity index is 2.99. The van der Waals surface area contributed by atoms with E-state index < -0.39 is 29.1 Å². The molecule has 0 saturated heterocycles. The molecule has 0 bridgehead atoms. The number of benzene rings is 1. The van der Waals surface area contributed by atoms with E-state index in [4.69, 9.17) is 5.73 Å². The van der Waals surface area contributed by atoms with Crippen LogP contribution in [0.5, 0.6) is 0 Å². The standard InChI is InChI=1S/C13H17F3N2O/c1-12(2,3)10(17)11(19)18-9-7-5-4-6-8(9)13(14,15)16/h4-7,10H,17H2,1-3H3,(H,18,19)/t10-/m0/s1. The minimum absolute atomic E-state index is 0.278. The molecule has 0 aliphatic carbocycles. The summed E-state index contributed by atoms with van der Waals surface area (Å²) in [4.78, 5) is 11.8. The van der Waals surface area contributed by atoms with Gasteiger partial charge in [0.25, 0.3) is 0 Å². The van der Waals surface area contributed by atoms with Crippen molar-refractivity contribution >= 4 is 11.6 Å². The van der Waals surface area contributed by atoms with Crippen LogP contribution in [0.4, 0.5) is 18.9 Å². The zero-order valence-corrected chi connectivity index (χ0v) is 11.0. The first-order valence-corrected chi connectivity index (χ1v) is 5.76. The average molecular weight is 274 g/mol. The van der Waals surface area contributed by atoms with E-state index in [1.165, 1.54) is 18.2 Å². The molecule has 19 heavy (non-hydrogen) atoms. The van der Waals surface area contributed by atoms with Crippen molar-refractivity contribution in [3.63, 3.8) is 0 Å². The van der Waals surface area contributed by atoms with Crippen LogP contribution in [0.15, 0.2) is 24.3 Å². The fourth-order valence-corrected chi connectivity index (χ4v) is 1.44. The van der Waals surface area contributed by atoms with Crippen molar-refractivity contribution in [2.75, 3.05) is 5.32 Å². The van der Waals surface area contributed by atoms with Crippen LogP contribution in [0.1, 0.15) is 26.3 Å². The molecule has 1 amide bonds. The lowest BCUT2D eigenvalue weighted by Crippen LogP contribution is -2.45. The van der Waals surface area contributed by atoms with Crippen LogP contribution in [0.2, 0.25) is 0 Å². The maximum atomic E-state index is 12.8. The van der Waals surface area contributed by atoms with Crippen LogP contribution in [-0.4, -0.2) is 11.9 Å². The Kier molecular flexibility index (Phi) is 4.25. The first kappa shape index (κ1) is 15.5. The Morgan fingerprint density at radius 3 is 2.21 bits per heavy atom. The minimum Gasteiger partial charge on any atom is -0.324 e. The number of hydrogen-bond donors (Lipinski definition) is 2.